The average Bonchev–Trinajstić information content (AvgIpc) is 2.75. The SMILES string of the molecule is CC(F)c1cc2c(c(C(C)CCN)c1)OCO2. The smallest absolute Gasteiger partial charge is 0.231 e. The molecule has 1 aromatic carbocycles. The van der Waals surface area contributed by atoms with E-state index in [0.29, 0.717) is 17.9 Å². The van der Waals surface area contributed by atoms with Gasteiger partial charge in [-0.15, -0.1) is 0 Å². The molecule has 0 fully saturated rings. The molecule has 0 saturated carbocycles. The molecule has 0 aliphatic carbocycles. The molecule has 0 spiro atoms. The lowest BCUT2D eigenvalue weighted by atomic mass is 9.94. The van der Waals surface area contributed by atoms with Crippen LogP contribution < -0.4 is 15.2 Å². The molecule has 0 saturated heterocycles. The summed E-state index contributed by atoms with van der Waals surface area (Å²) in [5, 5.41) is 0. The minimum Gasteiger partial charge on any atom is -0.454 e. The van der Waals surface area contributed by atoms with Crippen LogP contribution in [0.25, 0.3) is 0 Å². The van der Waals surface area contributed by atoms with E-state index in [-0.39, 0.29) is 12.7 Å². The number of fused-ring (bicyclic) bond motifs is 1. The second-order valence-electron chi connectivity index (χ2n) is 4.44. The Bertz CT molecular complexity index is 407. The topological polar surface area (TPSA) is 44.5 Å². The number of hydrogen-bond donors (Lipinski definition) is 1. The molecule has 94 valence electrons. The van der Waals surface area contributed by atoms with E-state index in [9.17, 15) is 4.39 Å². The zero-order chi connectivity index (χ0) is 12.4. The quantitative estimate of drug-likeness (QED) is 0.878. The van der Waals surface area contributed by atoms with Crippen molar-refractivity contribution in [2.24, 2.45) is 5.73 Å². The molecule has 2 atom stereocenters. The van der Waals surface area contributed by atoms with Crippen LogP contribution in [0.15, 0.2) is 12.1 Å². The van der Waals surface area contributed by atoms with Gasteiger partial charge in [-0.1, -0.05) is 6.92 Å². The molecule has 1 aliphatic heterocycles. The van der Waals surface area contributed by atoms with Crippen LogP contribution in [-0.4, -0.2) is 13.3 Å². The van der Waals surface area contributed by atoms with Gasteiger partial charge in [-0.05, 0) is 43.5 Å². The molecular weight excluding hydrogens is 221 g/mol. The molecule has 0 radical (unpaired) electrons. The summed E-state index contributed by atoms with van der Waals surface area (Å²) in [7, 11) is 0. The summed E-state index contributed by atoms with van der Waals surface area (Å²) in [5.41, 5.74) is 7.19. The number of alkyl halides is 1. The molecule has 4 heteroatoms. The third-order valence-corrected chi connectivity index (χ3v) is 3.11. The van der Waals surface area contributed by atoms with Crippen LogP contribution in [0.2, 0.25) is 0 Å². The largest absolute Gasteiger partial charge is 0.454 e. The standard InChI is InChI=1S/C13H18FNO2/c1-8(3-4-15)11-5-10(9(2)14)6-12-13(11)17-7-16-12/h5-6,8-9H,3-4,7,15H2,1-2H3. The van der Waals surface area contributed by atoms with Crippen LogP contribution in [0.1, 0.15) is 43.5 Å². The molecular formula is C13H18FNO2. The van der Waals surface area contributed by atoms with Crippen LogP contribution in [0.5, 0.6) is 11.5 Å². The van der Waals surface area contributed by atoms with Crippen molar-refractivity contribution in [2.75, 3.05) is 13.3 Å². The Morgan fingerprint density at radius 1 is 1.35 bits per heavy atom. The van der Waals surface area contributed by atoms with Crippen LogP contribution >= 0.6 is 0 Å². The number of hydrogen-bond acceptors (Lipinski definition) is 3. The van der Waals surface area contributed by atoms with Crippen molar-refractivity contribution in [3.63, 3.8) is 0 Å². The Kier molecular flexibility index (Phi) is 3.52. The van der Waals surface area contributed by atoms with Crippen LogP contribution in [0.3, 0.4) is 0 Å². The van der Waals surface area contributed by atoms with Gasteiger partial charge in [0, 0.05) is 5.56 Å². The molecule has 2 N–H and O–H groups in total. The van der Waals surface area contributed by atoms with Gasteiger partial charge in [0.1, 0.15) is 6.17 Å². The summed E-state index contributed by atoms with van der Waals surface area (Å²) >= 11 is 0. The Morgan fingerprint density at radius 2 is 2.12 bits per heavy atom. The maximum Gasteiger partial charge on any atom is 0.231 e. The molecule has 3 nitrogen and oxygen atoms in total. The molecule has 17 heavy (non-hydrogen) atoms. The zero-order valence-corrected chi connectivity index (χ0v) is 10.2. The summed E-state index contributed by atoms with van der Waals surface area (Å²) in [4.78, 5) is 0. The minimum atomic E-state index is -1.01. The highest BCUT2D eigenvalue weighted by molar-refractivity contribution is 5.52. The van der Waals surface area contributed by atoms with Gasteiger partial charge in [0.05, 0.1) is 0 Å². The summed E-state index contributed by atoms with van der Waals surface area (Å²) < 4.78 is 24.2. The van der Waals surface area contributed by atoms with E-state index in [1.54, 1.807) is 6.07 Å². The summed E-state index contributed by atoms with van der Waals surface area (Å²) in [6.45, 7) is 4.40. The van der Waals surface area contributed by atoms with Crippen LogP contribution in [0, 0.1) is 0 Å². The number of ether oxygens (including phenoxy) is 2. The van der Waals surface area contributed by atoms with Gasteiger partial charge in [-0.2, -0.15) is 0 Å². The normalized spacial score (nSPS) is 16.9. The van der Waals surface area contributed by atoms with Crippen LogP contribution in [0.4, 0.5) is 4.39 Å². The second kappa shape index (κ2) is 4.92. The summed E-state index contributed by atoms with van der Waals surface area (Å²) in [5.74, 6) is 1.63. The van der Waals surface area contributed by atoms with Gasteiger partial charge < -0.3 is 15.2 Å². The van der Waals surface area contributed by atoms with Crippen LogP contribution in [-0.2, 0) is 0 Å². The predicted octanol–water partition coefficient (Wildman–Crippen LogP) is 2.90. The van der Waals surface area contributed by atoms with E-state index in [2.05, 4.69) is 6.92 Å². The number of benzene rings is 1. The summed E-state index contributed by atoms with van der Waals surface area (Å²) in [6.07, 6.45) is -0.159. The van der Waals surface area contributed by atoms with Gasteiger partial charge in [0.15, 0.2) is 11.5 Å². The van der Waals surface area contributed by atoms with Crippen molar-refractivity contribution >= 4 is 0 Å². The first-order valence-electron chi connectivity index (χ1n) is 5.91. The Balaban J connectivity index is 2.42. The molecule has 1 heterocycles. The van der Waals surface area contributed by atoms with Gasteiger partial charge >= 0.3 is 0 Å². The number of rotatable bonds is 4. The van der Waals surface area contributed by atoms with E-state index >= 15 is 0 Å². The lowest BCUT2D eigenvalue weighted by molar-refractivity contribution is 0.173. The Hall–Kier alpha value is -1.29. The monoisotopic (exact) mass is 239 g/mol. The second-order valence-corrected chi connectivity index (χ2v) is 4.44. The lowest BCUT2D eigenvalue weighted by Crippen LogP contribution is -2.06. The fourth-order valence-electron chi connectivity index (χ4n) is 2.06. The van der Waals surface area contributed by atoms with Gasteiger partial charge in [-0.25, -0.2) is 4.39 Å². The minimum absolute atomic E-state index is 0.210. The molecule has 2 rings (SSSR count). The van der Waals surface area contributed by atoms with Crippen molar-refractivity contribution < 1.29 is 13.9 Å². The number of nitrogens with two attached hydrogens (primary N) is 1. The van der Waals surface area contributed by atoms with E-state index in [1.165, 1.54) is 6.92 Å². The highest BCUT2D eigenvalue weighted by atomic mass is 19.1. The first-order valence-corrected chi connectivity index (χ1v) is 5.91. The highest BCUT2D eigenvalue weighted by Crippen LogP contribution is 2.42. The fraction of sp³-hybridized carbons (Fsp3) is 0.538. The van der Waals surface area contributed by atoms with E-state index in [1.807, 2.05) is 6.07 Å². The predicted molar refractivity (Wildman–Crippen MR) is 64.2 cm³/mol. The molecule has 0 bridgehead atoms. The fourth-order valence-corrected chi connectivity index (χ4v) is 2.06. The Morgan fingerprint density at radius 3 is 2.76 bits per heavy atom. The van der Waals surface area contributed by atoms with Gasteiger partial charge in [-0.3, -0.25) is 0 Å². The van der Waals surface area contributed by atoms with E-state index in [4.69, 9.17) is 15.2 Å². The van der Waals surface area contributed by atoms with Crippen molar-refractivity contribution in [2.45, 2.75) is 32.4 Å². The molecule has 1 aromatic rings. The molecule has 1 aliphatic rings. The summed E-state index contributed by atoms with van der Waals surface area (Å²) in [6, 6.07) is 3.57. The number of halogens is 1. The highest BCUT2D eigenvalue weighted by Gasteiger charge is 2.23. The molecule has 2 unspecified atom stereocenters. The zero-order valence-electron chi connectivity index (χ0n) is 10.2. The van der Waals surface area contributed by atoms with Crippen molar-refractivity contribution in [1.82, 2.24) is 0 Å². The maximum absolute atomic E-state index is 13.4. The molecule has 0 amide bonds. The van der Waals surface area contributed by atoms with Crippen molar-refractivity contribution in [3.05, 3.63) is 23.3 Å². The van der Waals surface area contributed by atoms with Crippen molar-refractivity contribution in [1.29, 1.82) is 0 Å². The average molecular weight is 239 g/mol. The van der Waals surface area contributed by atoms with Gasteiger partial charge in [0.2, 0.25) is 6.79 Å². The van der Waals surface area contributed by atoms with Crippen molar-refractivity contribution in [3.8, 4) is 11.5 Å². The lowest BCUT2D eigenvalue weighted by Gasteiger charge is -2.15. The first-order chi connectivity index (χ1) is 8.13. The Labute approximate surface area is 101 Å². The maximum atomic E-state index is 13.4. The molecule has 0 aromatic heterocycles. The van der Waals surface area contributed by atoms with Gasteiger partial charge in [0.25, 0.3) is 0 Å². The third-order valence-electron chi connectivity index (χ3n) is 3.11. The van der Waals surface area contributed by atoms with E-state index < -0.39 is 6.17 Å². The third kappa shape index (κ3) is 2.36. The first kappa shape index (κ1) is 12.2. The van der Waals surface area contributed by atoms with E-state index in [0.717, 1.165) is 17.7 Å².